The summed E-state index contributed by atoms with van der Waals surface area (Å²) in [6, 6.07) is 0.478. The molecule has 0 aliphatic heterocycles. The average Bonchev–Trinajstić information content (AvgIpc) is 2.71. The Kier molecular flexibility index (Phi) is 6.05. The summed E-state index contributed by atoms with van der Waals surface area (Å²) in [5, 5.41) is 3.43. The minimum Gasteiger partial charge on any atom is -0.353 e. The molecule has 4 nitrogen and oxygen atoms in total. The summed E-state index contributed by atoms with van der Waals surface area (Å²) >= 11 is 0. The minimum absolute atomic E-state index is 0.478. The number of nitrogens with zero attached hydrogens (tertiary/aromatic N) is 3. The highest BCUT2D eigenvalue weighted by molar-refractivity contribution is 5.26. The van der Waals surface area contributed by atoms with Crippen LogP contribution in [-0.2, 0) is 7.05 Å². The van der Waals surface area contributed by atoms with Gasteiger partial charge in [0.1, 0.15) is 0 Å². The highest BCUT2D eigenvalue weighted by Crippen LogP contribution is 2.07. The van der Waals surface area contributed by atoms with Crippen LogP contribution in [0.5, 0.6) is 0 Å². The first kappa shape index (κ1) is 14.0. The third-order valence-electron chi connectivity index (χ3n) is 3.20. The summed E-state index contributed by atoms with van der Waals surface area (Å²) in [6.45, 7) is 10.2. The number of hydrogen-bond donors (Lipinski definition) is 1. The van der Waals surface area contributed by atoms with Gasteiger partial charge < -0.3 is 14.8 Å². The first-order chi connectivity index (χ1) is 8.17. The van der Waals surface area contributed by atoms with E-state index in [2.05, 4.69) is 36.0 Å². The fourth-order valence-electron chi connectivity index (χ4n) is 1.96. The molecular weight excluding hydrogens is 212 g/mol. The quantitative estimate of drug-likeness (QED) is 0.754. The molecule has 0 bridgehead atoms. The van der Waals surface area contributed by atoms with E-state index in [4.69, 9.17) is 0 Å². The largest absolute Gasteiger partial charge is 0.353 e. The molecule has 0 aliphatic carbocycles. The number of aromatic nitrogens is 2. The number of imidazole rings is 1. The molecule has 1 N–H and O–H groups in total. The van der Waals surface area contributed by atoms with Gasteiger partial charge >= 0.3 is 0 Å². The normalized spacial score (nSPS) is 13.0. The van der Waals surface area contributed by atoms with E-state index in [-0.39, 0.29) is 0 Å². The summed E-state index contributed by atoms with van der Waals surface area (Å²) in [4.78, 5) is 6.74. The molecular formula is C13H26N4. The van der Waals surface area contributed by atoms with Gasteiger partial charge in [-0.2, -0.15) is 0 Å². The van der Waals surface area contributed by atoms with Crippen molar-refractivity contribution < 1.29 is 0 Å². The van der Waals surface area contributed by atoms with Gasteiger partial charge in [-0.05, 0) is 39.4 Å². The van der Waals surface area contributed by atoms with Crippen LogP contribution in [0.4, 0.5) is 5.95 Å². The zero-order valence-electron chi connectivity index (χ0n) is 11.6. The maximum atomic E-state index is 4.27. The minimum atomic E-state index is 0.478. The van der Waals surface area contributed by atoms with E-state index in [0.717, 1.165) is 19.0 Å². The van der Waals surface area contributed by atoms with Crippen LogP contribution in [0.3, 0.4) is 0 Å². The van der Waals surface area contributed by atoms with Crippen molar-refractivity contribution in [1.82, 2.24) is 14.5 Å². The van der Waals surface area contributed by atoms with Gasteiger partial charge in [0.05, 0.1) is 0 Å². The standard InChI is InChI=1S/C13H26N4/c1-5-17(6-2)10-7-8-12(3)15-13-14-9-11-16(13)4/h9,11-12H,5-8,10H2,1-4H3,(H,14,15). The van der Waals surface area contributed by atoms with Crippen LogP contribution in [0.25, 0.3) is 0 Å². The van der Waals surface area contributed by atoms with Crippen LogP contribution < -0.4 is 5.32 Å². The first-order valence-corrected chi connectivity index (χ1v) is 6.63. The predicted octanol–water partition coefficient (Wildman–Crippen LogP) is 2.34. The van der Waals surface area contributed by atoms with Gasteiger partial charge in [-0.25, -0.2) is 4.98 Å². The van der Waals surface area contributed by atoms with Crippen molar-refractivity contribution in [2.75, 3.05) is 25.0 Å². The molecule has 1 unspecified atom stereocenters. The first-order valence-electron chi connectivity index (χ1n) is 6.63. The molecule has 0 amide bonds. The number of aryl methyl sites for hydroxylation is 1. The molecule has 1 heterocycles. The fourth-order valence-corrected chi connectivity index (χ4v) is 1.96. The van der Waals surface area contributed by atoms with Gasteiger partial charge in [-0.15, -0.1) is 0 Å². The zero-order chi connectivity index (χ0) is 12.7. The van der Waals surface area contributed by atoms with Crippen LogP contribution in [0, 0.1) is 0 Å². The van der Waals surface area contributed by atoms with Gasteiger partial charge in [-0.1, -0.05) is 13.8 Å². The summed E-state index contributed by atoms with van der Waals surface area (Å²) in [5.41, 5.74) is 0. The Morgan fingerprint density at radius 2 is 2.12 bits per heavy atom. The number of nitrogens with one attached hydrogen (secondary N) is 1. The van der Waals surface area contributed by atoms with E-state index >= 15 is 0 Å². The lowest BCUT2D eigenvalue weighted by Gasteiger charge is -2.20. The smallest absolute Gasteiger partial charge is 0.202 e. The van der Waals surface area contributed by atoms with E-state index in [0.29, 0.717) is 6.04 Å². The van der Waals surface area contributed by atoms with Crippen LogP contribution >= 0.6 is 0 Å². The highest BCUT2D eigenvalue weighted by atomic mass is 15.2. The highest BCUT2D eigenvalue weighted by Gasteiger charge is 2.06. The van der Waals surface area contributed by atoms with E-state index in [1.165, 1.54) is 19.4 Å². The van der Waals surface area contributed by atoms with Gasteiger partial charge in [-0.3, -0.25) is 0 Å². The van der Waals surface area contributed by atoms with Crippen molar-refractivity contribution in [3.05, 3.63) is 12.4 Å². The summed E-state index contributed by atoms with van der Waals surface area (Å²) in [5.74, 6) is 0.959. The lowest BCUT2D eigenvalue weighted by atomic mass is 10.2. The molecule has 0 radical (unpaired) electrons. The second-order valence-electron chi connectivity index (χ2n) is 4.58. The summed E-state index contributed by atoms with van der Waals surface area (Å²) in [7, 11) is 2.01. The van der Waals surface area contributed by atoms with Gasteiger partial charge in [0, 0.05) is 25.5 Å². The number of hydrogen-bond acceptors (Lipinski definition) is 3. The monoisotopic (exact) mass is 238 g/mol. The SMILES string of the molecule is CCN(CC)CCCC(C)Nc1nccn1C. The molecule has 0 fully saturated rings. The zero-order valence-corrected chi connectivity index (χ0v) is 11.6. The van der Waals surface area contributed by atoms with E-state index in [1.54, 1.807) is 0 Å². The van der Waals surface area contributed by atoms with Crippen molar-refractivity contribution in [2.45, 2.75) is 39.7 Å². The van der Waals surface area contributed by atoms with Gasteiger partial charge in [0.25, 0.3) is 0 Å². The third-order valence-corrected chi connectivity index (χ3v) is 3.20. The van der Waals surface area contributed by atoms with Gasteiger partial charge in [0.15, 0.2) is 0 Å². The Morgan fingerprint density at radius 3 is 2.65 bits per heavy atom. The Bertz CT molecular complexity index is 304. The molecule has 0 saturated carbocycles. The van der Waals surface area contributed by atoms with Crippen LogP contribution in [0.2, 0.25) is 0 Å². The second kappa shape index (κ2) is 7.33. The summed E-state index contributed by atoms with van der Waals surface area (Å²) < 4.78 is 2.01. The second-order valence-corrected chi connectivity index (χ2v) is 4.58. The van der Waals surface area contributed by atoms with Crippen molar-refractivity contribution in [2.24, 2.45) is 7.05 Å². The molecule has 17 heavy (non-hydrogen) atoms. The molecule has 4 heteroatoms. The lowest BCUT2D eigenvalue weighted by molar-refractivity contribution is 0.295. The van der Waals surface area contributed by atoms with Crippen molar-refractivity contribution in [3.63, 3.8) is 0 Å². The maximum absolute atomic E-state index is 4.27. The average molecular weight is 238 g/mol. The molecule has 1 atom stereocenters. The molecule has 0 saturated heterocycles. The molecule has 1 aromatic heterocycles. The predicted molar refractivity (Wildman–Crippen MR) is 73.3 cm³/mol. The fraction of sp³-hybridized carbons (Fsp3) is 0.769. The van der Waals surface area contributed by atoms with E-state index < -0.39 is 0 Å². The van der Waals surface area contributed by atoms with E-state index in [1.807, 2.05) is 24.0 Å². The molecule has 0 aromatic carbocycles. The Labute approximate surface area is 105 Å². The molecule has 1 rings (SSSR count). The topological polar surface area (TPSA) is 33.1 Å². The molecule has 0 aliphatic rings. The van der Waals surface area contributed by atoms with Crippen molar-refractivity contribution >= 4 is 5.95 Å². The maximum Gasteiger partial charge on any atom is 0.202 e. The Morgan fingerprint density at radius 1 is 1.41 bits per heavy atom. The number of anilines is 1. The molecule has 0 spiro atoms. The third kappa shape index (κ3) is 4.77. The number of rotatable bonds is 8. The van der Waals surface area contributed by atoms with Gasteiger partial charge in [0.2, 0.25) is 5.95 Å². The van der Waals surface area contributed by atoms with Crippen molar-refractivity contribution in [3.8, 4) is 0 Å². The van der Waals surface area contributed by atoms with Crippen LogP contribution in [-0.4, -0.2) is 40.1 Å². The Balaban J connectivity index is 2.21. The summed E-state index contributed by atoms with van der Waals surface area (Å²) in [6.07, 6.45) is 6.21. The molecule has 98 valence electrons. The van der Waals surface area contributed by atoms with Crippen LogP contribution in [0.15, 0.2) is 12.4 Å². The van der Waals surface area contributed by atoms with Crippen LogP contribution in [0.1, 0.15) is 33.6 Å². The van der Waals surface area contributed by atoms with E-state index in [9.17, 15) is 0 Å². The van der Waals surface area contributed by atoms with Crippen molar-refractivity contribution in [1.29, 1.82) is 0 Å². The Hall–Kier alpha value is -1.03. The molecule has 1 aromatic rings. The lowest BCUT2D eigenvalue weighted by Crippen LogP contribution is -2.26.